The minimum atomic E-state index is -1.07. The molecule has 3 atom stereocenters. The fraction of sp³-hybridized carbons (Fsp3) is 0.727. The zero-order valence-electron chi connectivity index (χ0n) is 10.1. The molecular formula is C11H13NO7. The lowest BCUT2D eigenvalue weighted by Gasteiger charge is -2.17. The first kappa shape index (κ1) is 12.4. The van der Waals surface area contributed by atoms with Gasteiger partial charge in [-0.05, 0) is 6.42 Å². The van der Waals surface area contributed by atoms with Gasteiger partial charge in [0.1, 0.15) is 6.10 Å². The van der Waals surface area contributed by atoms with Crippen LogP contribution in [-0.2, 0) is 28.6 Å². The summed E-state index contributed by atoms with van der Waals surface area (Å²) in [5.74, 6) is -1.09. The van der Waals surface area contributed by atoms with Gasteiger partial charge in [-0.1, -0.05) is 5.06 Å². The van der Waals surface area contributed by atoms with E-state index < -0.39 is 24.1 Å². The second kappa shape index (κ2) is 4.78. The topological polar surface area (TPSA) is 91.4 Å². The van der Waals surface area contributed by atoms with Crippen LogP contribution in [-0.4, -0.2) is 48.6 Å². The highest BCUT2D eigenvalue weighted by Crippen LogP contribution is 2.33. The van der Waals surface area contributed by atoms with E-state index in [1.54, 1.807) is 0 Å². The largest absolute Gasteiger partial charge is 0.534 e. The quantitative estimate of drug-likeness (QED) is 0.514. The van der Waals surface area contributed by atoms with E-state index in [1.807, 2.05) is 0 Å². The van der Waals surface area contributed by atoms with Crippen molar-refractivity contribution >= 4 is 18.0 Å². The Morgan fingerprint density at radius 2 is 1.95 bits per heavy atom. The fourth-order valence-electron chi connectivity index (χ4n) is 2.43. The number of fused-ring (bicyclic) bond motifs is 1. The molecule has 0 aromatic rings. The van der Waals surface area contributed by atoms with Crippen molar-refractivity contribution < 1.29 is 33.4 Å². The van der Waals surface area contributed by atoms with Crippen LogP contribution in [0.4, 0.5) is 4.79 Å². The van der Waals surface area contributed by atoms with Crippen molar-refractivity contribution in [2.75, 3.05) is 13.2 Å². The van der Waals surface area contributed by atoms with Crippen molar-refractivity contribution in [3.63, 3.8) is 0 Å². The van der Waals surface area contributed by atoms with Crippen LogP contribution >= 0.6 is 0 Å². The Morgan fingerprint density at radius 1 is 1.21 bits per heavy atom. The van der Waals surface area contributed by atoms with Gasteiger partial charge in [-0.25, -0.2) is 4.79 Å². The third kappa shape index (κ3) is 2.28. The van der Waals surface area contributed by atoms with E-state index in [4.69, 9.17) is 14.2 Å². The molecule has 0 radical (unpaired) electrons. The summed E-state index contributed by atoms with van der Waals surface area (Å²) in [6.45, 7) is 0.791. The molecule has 0 saturated carbocycles. The Labute approximate surface area is 108 Å². The number of carbonyl (C=O) groups is 3. The molecule has 3 saturated heterocycles. The van der Waals surface area contributed by atoms with Crippen molar-refractivity contribution in [3.05, 3.63) is 0 Å². The summed E-state index contributed by atoms with van der Waals surface area (Å²) < 4.78 is 15.7. The first-order valence-electron chi connectivity index (χ1n) is 6.13. The van der Waals surface area contributed by atoms with Crippen molar-refractivity contribution in [1.29, 1.82) is 0 Å². The van der Waals surface area contributed by atoms with Gasteiger partial charge in [-0.15, -0.1) is 0 Å². The molecule has 3 rings (SSSR count). The van der Waals surface area contributed by atoms with E-state index in [2.05, 4.69) is 4.84 Å². The molecule has 0 spiro atoms. The summed E-state index contributed by atoms with van der Waals surface area (Å²) in [5.41, 5.74) is 0. The average molecular weight is 271 g/mol. The maximum absolute atomic E-state index is 11.5. The van der Waals surface area contributed by atoms with Crippen LogP contribution in [0, 0.1) is 5.92 Å². The maximum Gasteiger partial charge on any atom is 0.534 e. The van der Waals surface area contributed by atoms with Crippen LogP contribution in [0.1, 0.15) is 19.3 Å². The van der Waals surface area contributed by atoms with E-state index in [-0.39, 0.29) is 31.7 Å². The summed E-state index contributed by atoms with van der Waals surface area (Å²) in [7, 11) is 0. The maximum atomic E-state index is 11.5. The number of hydrogen-bond acceptors (Lipinski definition) is 7. The first-order chi connectivity index (χ1) is 9.15. The molecule has 0 aromatic heterocycles. The van der Waals surface area contributed by atoms with Crippen LogP contribution in [0.3, 0.4) is 0 Å². The Kier molecular flexibility index (Phi) is 3.11. The van der Waals surface area contributed by atoms with Crippen LogP contribution in [0.5, 0.6) is 0 Å². The van der Waals surface area contributed by atoms with Gasteiger partial charge in [0.05, 0.1) is 19.1 Å². The standard InChI is InChI=1S/C11H13NO7/c13-8-1-2-9(14)12(8)19-11(15)18-7-5-17-10-6(7)3-4-16-10/h6-7,10H,1-5H2/t6-,7-,10-/m0/s1. The molecular weight excluding hydrogens is 258 g/mol. The molecule has 2 amide bonds. The van der Waals surface area contributed by atoms with Gasteiger partial charge in [0.15, 0.2) is 6.29 Å². The van der Waals surface area contributed by atoms with Gasteiger partial charge < -0.3 is 14.2 Å². The van der Waals surface area contributed by atoms with Crippen molar-refractivity contribution in [3.8, 4) is 0 Å². The highest BCUT2D eigenvalue weighted by atomic mass is 16.8. The molecule has 0 aliphatic carbocycles. The van der Waals surface area contributed by atoms with E-state index in [1.165, 1.54) is 0 Å². The lowest BCUT2D eigenvalue weighted by molar-refractivity contribution is -0.179. The molecule has 8 nitrogen and oxygen atoms in total. The Bertz CT molecular complexity index is 407. The molecule has 19 heavy (non-hydrogen) atoms. The summed E-state index contributed by atoms with van der Waals surface area (Å²) >= 11 is 0. The number of hydrogen-bond donors (Lipinski definition) is 0. The Hall–Kier alpha value is -1.67. The summed E-state index contributed by atoms with van der Waals surface area (Å²) in [6.07, 6.45) is -1.02. The van der Waals surface area contributed by atoms with E-state index in [0.717, 1.165) is 6.42 Å². The second-order valence-corrected chi connectivity index (χ2v) is 4.60. The minimum absolute atomic E-state index is 0.0162. The van der Waals surface area contributed by atoms with E-state index in [9.17, 15) is 14.4 Å². The molecule has 0 unspecified atom stereocenters. The molecule has 3 heterocycles. The van der Waals surface area contributed by atoms with Crippen LogP contribution in [0.25, 0.3) is 0 Å². The van der Waals surface area contributed by atoms with Gasteiger partial charge in [-0.2, -0.15) is 0 Å². The third-order valence-electron chi connectivity index (χ3n) is 3.40. The molecule has 0 aromatic carbocycles. The predicted octanol–water partition coefficient (Wildman–Crippen LogP) is -0.0350. The molecule has 104 valence electrons. The lowest BCUT2D eigenvalue weighted by atomic mass is 10.0. The number of amides is 2. The zero-order chi connectivity index (χ0) is 13.4. The van der Waals surface area contributed by atoms with Crippen molar-refractivity contribution in [2.45, 2.75) is 31.7 Å². The SMILES string of the molecule is O=C(O[C@H]1CO[C@@H]2OCC[C@H]21)ON1C(=O)CCC1=O. The highest BCUT2D eigenvalue weighted by molar-refractivity contribution is 6.01. The summed E-state index contributed by atoms with van der Waals surface area (Å²) in [4.78, 5) is 38.7. The number of hydroxylamine groups is 2. The van der Waals surface area contributed by atoms with E-state index in [0.29, 0.717) is 11.7 Å². The number of imide groups is 1. The second-order valence-electron chi connectivity index (χ2n) is 4.60. The molecule has 0 N–H and O–H groups in total. The van der Waals surface area contributed by atoms with Gasteiger partial charge in [0.2, 0.25) is 0 Å². The average Bonchev–Trinajstić information content (AvgIpc) is 3.03. The molecule has 8 heteroatoms. The smallest absolute Gasteiger partial charge is 0.426 e. The van der Waals surface area contributed by atoms with Crippen molar-refractivity contribution in [2.24, 2.45) is 5.92 Å². The molecule has 3 fully saturated rings. The van der Waals surface area contributed by atoms with Gasteiger partial charge in [-0.3, -0.25) is 14.4 Å². The number of nitrogens with zero attached hydrogens (tertiary/aromatic N) is 1. The van der Waals surface area contributed by atoms with Gasteiger partial charge >= 0.3 is 6.16 Å². The number of ether oxygens (including phenoxy) is 3. The van der Waals surface area contributed by atoms with Crippen LogP contribution in [0.15, 0.2) is 0 Å². The highest BCUT2D eigenvalue weighted by Gasteiger charge is 2.44. The monoisotopic (exact) mass is 271 g/mol. The van der Waals surface area contributed by atoms with Crippen LogP contribution in [0.2, 0.25) is 0 Å². The number of carbonyl (C=O) groups excluding carboxylic acids is 3. The third-order valence-corrected chi connectivity index (χ3v) is 3.40. The number of rotatable bonds is 2. The fourth-order valence-corrected chi connectivity index (χ4v) is 2.43. The lowest BCUT2D eigenvalue weighted by Crippen LogP contribution is -2.35. The van der Waals surface area contributed by atoms with Crippen LogP contribution < -0.4 is 0 Å². The normalized spacial score (nSPS) is 33.7. The molecule has 3 aliphatic rings. The van der Waals surface area contributed by atoms with Crippen molar-refractivity contribution in [1.82, 2.24) is 5.06 Å². The Morgan fingerprint density at radius 3 is 2.68 bits per heavy atom. The predicted molar refractivity (Wildman–Crippen MR) is 56.2 cm³/mol. The molecule has 0 bridgehead atoms. The first-order valence-corrected chi connectivity index (χ1v) is 6.13. The summed E-state index contributed by atoms with van der Waals surface area (Å²) in [6, 6.07) is 0. The van der Waals surface area contributed by atoms with E-state index >= 15 is 0 Å². The Balaban J connectivity index is 1.54. The summed E-state index contributed by atoms with van der Waals surface area (Å²) in [5, 5.41) is 0.459. The molecule has 3 aliphatic heterocycles. The van der Waals surface area contributed by atoms with Gasteiger partial charge in [0.25, 0.3) is 11.8 Å². The minimum Gasteiger partial charge on any atom is -0.426 e. The van der Waals surface area contributed by atoms with Gasteiger partial charge in [0, 0.05) is 12.8 Å². The zero-order valence-corrected chi connectivity index (χ0v) is 10.1.